The van der Waals surface area contributed by atoms with Crippen LogP contribution in [0.2, 0.25) is 0 Å². The van der Waals surface area contributed by atoms with Crippen LogP contribution in [0.4, 0.5) is 0 Å². The topological polar surface area (TPSA) is 29.1 Å². The molecule has 0 bridgehead atoms. The summed E-state index contributed by atoms with van der Waals surface area (Å²) in [5.74, 6) is 0.663. The van der Waals surface area contributed by atoms with Gasteiger partial charge in [0.15, 0.2) is 0 Å². The number of hydrogen-bond acceptors (Lipinski definition) is 1. The van der Waals surface area contributed by atoms with Crippen LogP contribution in [-0.4, -0.2) is 5.91 Å². The lowest BCUT2D eigenvalue weighted by molar-refractivity contribution is -0.120. The van der Waals surface area contributed by atoms with Crippen molar-refractivity contribution in [1.29, 1.82) is 0 Å². The average molecular weight is 182 g/mol. The van der Waals surface area contributed by atoms with E-state index in [-0.39, 0.29) is 5.91 Å². The predicted molar refractivity (Wildman–Crippen MR) is 55.9 cm³/mol. The van der Waals surface area contributed by atoms with Crippen molar-refractivity contribution in [3.63, 3.8) is 0 Å². The van der Waals surface area contributed by atoms with Gasteiger partial charge in [0, 0.05) is 13.5 Å². The van der Waals surface area contributed by atoms with E-state index in [1.54, 1.807) is 0 Å². The fraction of sp³-hybridized carbons (Fsp3) is 0.636. The molecule has 0 rings (SSSR count). The van der Waals surface area contributed by atoms with Crippen molar-refractivity contribution in [2.24, 2.45) is 5.92 Å². The van der Waals surface area contributed by atoms with E-state index in [1.165, 1.54) is 0 Å². The Labute approximate surface area is 81.4 Å². The lowest BCUT2D eigenvalue weighted by Gasteiger charge is -1.98. The highest BCUT2D eigenvalue weighted by Gasteiger charge is 1.95. The minimum Gasteiger partial charge on any atom is -0.354 e. The molecular formula is C11H20NO. The highest BCUT2D eigenvalue weighted by molar-refractivity contribution is 5.75. The first-order valence-electron chi connectivity index (χ1n) is 4.89. The molecule has 0 aromatic rings. The molecule has 13 heavy (non-hydrogen) atoms. The molecular weight excluding hydrogens is 162 g/mol. The smallest absolute Gasteiger partial charge is 0.220 e. The Hall–Kier alpha value is -0.790. The fourth-order valence-corrected chi connectivity index (χ4v) is 1.00. The molecule has 0 aliphatic heterocycles. The van der Waals surface area contributed by atoms with Gasteiger partial charge in [0.25, 0.3) is 0 Å². The van der Waals surface area contributed by atoms with Crippen LogP contribution in [0.15, 0.2) is 12.2 Å². The van der Waals surface area contributed by atoms with Crippen LogP contribution >= 0.6 is 0 Å². The summed E-state index contributed by atoms with van der Waals surface area (Å²) in [5.41, 5.74) is 0. The third-order valence-electron chi connectivity index (χ3n) is 1.74. The number of hydrogen-bond donors (Lipinski definition) is 1. The van der Waals surface area contributed by atoms with Gasteiger partial charge in [0.2, 0.25) is 5.91 Å². The van der Waals surface area contributed by atoms with Crippen molar-refractivity contribution in [1.82, 2.24) is 5.32 Å². The van der Waals surface area contributed by atoms with E-state index in [2.05, 4.69) is 38.4 Å². The Morgan fingerprint density at radius 3 is 2.69 bits per heavy atom. The minimum absolute atomic E-state index is 0.0350. The summed E-state index contributed by atoms with van der Waals surface area (Å²) in [4.78, 5) is 10.8. The fourth-order valence-electron chi connectivity index (χ4n) is 1.00. The van der Waals surface area contributed by atoms with Crippen LogP contribution in [0.3, 0.4) is 0 Å². The van der Waals surface area contributed by atoms with Crippen LogP contribution < -0.4 is 5.32 Å². The van der Waals surface area contributed by atoms with Crippen molar-refractivity contribution < 1.29 is 4.79 Å². The van der Waals surface area contributed by atoms with Gasteiger partial charge in [-0.1, -0.05) is 26.0 Å². The zero-order valence-corrected chi connectivity index (χ0v) is 8.68. The Bertz CT molecular complexity index is 161. The minimum atomic E-state index is 0.0350. The third kappa shape index (κ3) is 9.12. The Kier molecular flexibility index (Phi) is 7.36. The second-order valence-electron chi connectivity index (χ2n) is 3.52. The van der Waals surface area contributed by atoms with Gasteiger partial charge in [-0.15, -0.1) is 0 Å². The normalized spacial score (nSPS) is 11.1. The van der Waals surface area contributed by atoms with Crippen LogP contribution in [0.25, 0.3) is 0 Å². The summed E-state index contributed by atoms with van der Waals surface area (Å²) in [7, 11) is 3.31. The molecule has 0 aromatic heterocycles. The molecule has 0 aliphatic carbocycles. The Balaban J connectivity index is 3.22. The molecule has 0 atom stereocenters. The van der Waals surface area contributed by atoms with E-state index in [4.69, 9.17) is 0 Å². The molecule has 1 amide bonds. The number of unbranched alkanes of at least 4 members (excludes halogenated alkanes) is 2. The van der Waals surface area contributed by atoms with Gasteiger partial charge >= 0.3 is 0 Å². The molecule has 1 N–H and O–H groups in total. The molecule has 0 aromatic carbocycles. The molecule has 2 nitrogen and oxygen atoms in total. The maximum Gasteiger partial charge on any atom is 0.220 e. The van der Waals surface area contributed by atoms with E-state index in [9.17, 15) is 4.79 Å². The summed E-state index contributed by atoms with van der Waals surface area (Å²) in [6.07, 6.45) is 8.08. The third-order valence-corrected chi connectivity index (χ3v) is 1.74. The van der Waals surface area contributed by atoms with Gasteiger partial charge in [-0.3, -0.25) is 4.79 Å². The first-order valence-corrected chi connectivity index (χ1v) is 4.89. The van der Waals surface area contributed by atoms with E-state index in [0.717, 1.165) is 19.3 Å². The number of carbonyl (C=O) groups is 1. The van der Waals surface area contributed by atoms with Crippen molar-refractivity contribution >= 4 is 5.91 Å². The quantitative estimate of drug-likeness (QED) is 0.496. The molecule has 0 saturated carbocycles. The maximum absolute atomic E-state index is 10.8. The van der Waals surface area contributed by atoms with Gasteiger partial charge in [-0.2, -0.15) is 0 Å². The maximum atomic E-state index is 10.8. The lowest BCUT2D eigenvalue weighted by atomic mass is 10.1. The van der Waals surface area contributed by atoms with E-state index < -0.39 is 0 Å². The van der Waals surface area contributed by atoms with Gasteiger partial charge in [0.1, 0.15) is 0 Å². The first-order chi connectivity index (χ1) is 6.16. The standard InChI is InChI=1S/C11H20NO/c1-10(2)8-6-4-5-7-9-11(13)12-3/h6,8,10H,3-5,7,9H2,1-2H3,(H,12,13)/b8-6+. The van der Waals surface area contributed by atoms with Gasteiger partial charge in [-0.25, -0.2) is 0 Å². The van der Waals surface area contributed by atoms with E-state index in [1.807, 2.05) is 0 Å². The largest absolute Gasteiger partial charge is 0.354 e. The second kappa shape index (κ2) is 7.84. The summed E-state index contributed by atoms with van der Waals surface area (Å²) in [6.45, 7) is 4.32. The van der Waals surface area contributed by atoms with Crippen LogP contribution in [0.5, 0.6) is 0 Å². The van der Waals surface area contributed by atoms with Gasteiger partial charge < -0.3 is 5.32 Å². The van der Waals surface area contributed by atoms with Crippen molar-refractivity contribution in [2.45, 2.75) is 39.5 Å². The first kappa shape index (κ1) is 12.2. The summed E-state index contributed by atoms with van der Waals surface area (Å²) in [6, 6.07) is 0. The number of nitrogens with one attached hydrogen (secondary N) is 1. The SMILES string of the molecule is [CH2]NC(=O)CCCC/C=C/C(C)C. The monoisotopic (exact) mass is 182 g/mol. The van der Waals surface area contributed by atoms with Crippen LogP contribution in [-0.2, 0) is 4.79 Å². The Morgan fingerprint density at radius 2 is 2.15 bits per heavy atom. The number of allylic oxidation sites excluding steroid dienone is 2. The summed E-state index contributed by atoms with van der Waals surface area (Å²) in [5, 5.41) is 2.37. The zero-order valence-electron chi connectivity index (χ0n) is 8.68. The van der Waals surface area contributed by atoms with Gasteiger partial charge in [-0.05, 0) is 25.2 Å². The number of rotatable bonds is 6. The molecule has 1 radical (unpaired) electrons. The van der Waals surface area contributed by atoms with Gasteiger partial charge in [0.05, 0.1) is 0 Å². The van der Waals surface area contributed by atoms with E-state index >= 15 is 0 Å². The molecule has 0 unspecified atom stereocenters. The van der Waals surface area contributed by atoms with Crippen LogP contribution in [0.1, 0.15) is 39.5 Å². The highest BCUT2D eigenvalue weighted by Crippen LogP contribution is 2.02. The molecule has 0 saturated heterocycles. The second-order valence-corrected chi connectivity index (χ2v) is 3.52. The summed E-state index contributed by atoms with van der Waals surface area (Å²) >= 11 is 0. The van der Waals surface area contributed by atoms with E-state index in [0.29, 0.717) is 12.3 Å². The molecule has 0 aliphatic rings. The Morgan fingerprint density at radius 1 is 1.46 bits per heavy atom. The average Bonchev–Trinajstić information content (AvgIpc) is 2.10. The summed E-state index contributed by atoms with van der Waals surface area (Å²) < 4.78 is 0. The number of amides is 1. The van der Waals surface area contributed by atoms with Crippen molar-refractivity contribution in [3.8, 4) is 0 Å². The molecule has 0 fully saturated rings. The predicted octanol–water partition coefficient (Wildman–Crippen LogP) is 2.67. The van der Waals surface area contributed by atoms with Crippen LogP contribution in [0, 0.1) is 13.0 Å². The molecule has 2 heteroatoms. The lowest BCUT2D eigenvalue weighted by Crippen LogP contribution is -2.14. The molecule has 0 spiro atoms. The van der Waals surface area contributed by atoms with Crippen molar-refractivity contribution in [3.05, 3.63) is 19.2 Å². The van der Waals surface area contributed by atoms with Crippen molar-refractivity contribution in [2.75, 3.05) is 0 Å². The highest BCUT2D eigenvalue weighted by atomic mass is 16.1. The molecule has 75 valence electrons. The zero-order chi connectivity index (χ0) is 10.1. The molecule has 0 heterocycles. The number of carbonyl (C=O) groups excluding carboxylic acids is 1.